The van der Waals surface area contributed by atoms with Gasteiger partial charge in [-0.2, -0.15) is 0 Å². The second kappa shape index (κ2) is 6.20. The van der Waals surface area contributed by atoms with Crippen molar-refractivity contribution in [2.24, 2.45) is 0 Å². The lowest BCUT2D eigenvalue weighted by molar-refractivity contribution is 0.412. The molecule has 0 spiro atoms. The second-order valence-corrected chi connectivity index (χ2v) is 5.68. The van der Waals surface area contributed by atoms with E-state index in [1.54, 1.807) is 18.4 Å². The number of thiazole rings is 1. The molecule has 0 aliphatic rings. The van der Waals surface area contributed by atoms with Gasteiger partial charge in [-0.3, -0.25) is 0 Å². The van der Waals surface area contributed by atoms with Crippen molar-refractivity contribution in [3.8, 4) is 5.75 Å². The Bertz CT molecular complexity index is 527. The van der Waals surface area contributed by atoms with E-state index in [0.717, 1.165) is 34.6 Å². The Hall–Kier alpha value is -1.07. The Kier molecular flexibility index (Phi) is 4.60. The van der Waals surface area contributed by atoms with Crippen molar-refractivity contribution < 1.29 is 4.74 Å². The average molecular weight is 327 g/mol. The normalized spacial score (nSPS) is 10.4. The first kappa shape index (κ1) is 13.4. The second-order valence-electron chi connectivity index (χ2n) is 3.89. The molecule has 0 aliphatic carbocycles. The molecule has 1 N–H and O–H groups in total. The Labute approximate surface area is 119 Å². The average Bonchev–Trinajstić information content (AvgIpc) is 2.75. The van der Waals surface area contributed by atoms with Crippen LogP contribution in [0.5, 0.6) is 5.75 Å². The van der Waals surface area contributed by atoms with Gasteiger partial charge < -0.3 is 10.1 Å². The fourth-order valence-corrected chi connectivity index (χ4v) is 2.98. The fraction of sp³-hybridized carbons (Fsp3) is 0.308. The zero-order valence-corrected chi connectivity index (χ0v) is 12.8. The van der Waals surface area contributed by atoms with Gasteiger partial charge in [0.1, 0.15) is 5.75 Å². The minimum absolute atomic E-state index is 0.846. The van der Waals surface area contributed by atoms with Crippen LogP contribution in [0.15, 0.2) is 28.2 Å². The monoisotopic (exact) mass is 326 g/mol. The van der Waals surface area contributed by atoms with E-state index >= 15 is 0 Å². The number of anilines is 1. The number of rotatable bonds is 5. The van der Waals surface area contributed by atoms with Crippen LogP contribution in [-0.2, 0) is 6.42 Å². The van der Waals surface area contributed by atoms with Crippen molar-refractivity contribution in [2.75, 3.05) is 19.0 Å². The molecule has 2 rings (SSSR count). The highest BCUT2D eigenvalue weighted by Crippen LogP contribution is 2.27. The van der Waals surface area contributed by atoms with Crippen molar-refractivity contribution in [2.45, 2.75) is 13.3 Å². The largest absolute Gasteiger partial charge is 0.496 e. The minimum atomic E-state index is 0.846. The van der Waals surface area contributed by atoms with Gasteiger partial charge in [0.25, 0.3) is 0 Å². The lowest BCUT2D eigenvalue weighted by Gasteiger charge is -2.08. The molecule has 0 saturated carbocycles. The van der Waals surface area contributed by atoms with Gasteiger partial charge in [0, 0.05) is 23.5 Å². The van der Waals surface area contributed by atoms with E-state index in [4.69, 9.17) is 4.74 Å². The van der Waals surface area contributed by atoms with Crippen LogP contribution in [0.3, 0.4) is 0 Å². The molecule has 0 unspecified atom stereocenters. The molecule has 0 bridgehead atoms. The van der Waals surface area contributed by atoms with E-state index in [-0.39, 0.29) is 0 Å². The van der Waals surface area contributed by atoms with Crippen LogP contribution in [0, 0.1) is 6.92 Å². The van der Waals surface area contributed by atoms with Crippen molar-refractivity contribution in [3.05, 3.63) is 38.8 Å². The summed E-state index contributed by atoms with van der Waals surface area (Å²) >= 11 is 5.19. The van der Waals surface area contributed by atoms with Crippen LogP contribution < -0.4 is 10.1 Å². The summed E-state index contributed by atoms with van der Waals surface area (Å²) in [6.45, 7) is 2.96. The number of benzene rings is 1. The maximum Gasteiger partial charge on any atom is 0.133 e. The Balaban J connectivity index is 1.91. The fourth-order valence-electron chi connectivity index (χ4n) is 1.66. The van der Waals surface area contributed by atoms with Crippen molar-refractivity contribution in [3.63, 3.8) is 0 Å². The minimum Gasteiger partial charge on any atom is -0.496 e. The van der Waals surface area contributed by atoms with Gasteiger partial charge in [-0.15, -0.1) is 11.3 Å². The molecule has 0 radical (unpaired) electrons. The van der Waals surface area contributed by atoms with Gasteiger partial charge in [0.05, 0.1) is 22.8 Å². The molecule has 0 fully saturated rings. The molecule has 5 heteroatoms. The summed E-state index contributed by atoms with van der Waals surface area (Å²) in [6, 6.07) is 5.99. The standard InChI is InChI=1S/C13H15BrN2OS/c1-9-13(18-8-16-9)5-6-15-10-3-4-12(17-2)11(14)7-10/h3-4,7-8,15H,5-6H2,1-2H3. The van der Waals surface area contributed by atoms with E-state index in [0.29, 0.717) is 0 Å². The van der Waals surface area contributed by atoms with Crippen LogP contribution in [-0.4, -0.2) is 18.6 Å². The van der Waals surface area contributed by atoms with Gasteiger partial charge in [-0.25, -0.2) is 4.98 Å². The molecular weight excluding hydrogens is 312 g/mol. The molecule has 0 aliphatic heterocycles. The van der Waals surface area contributed by atoms with Crippen LogP contribution in [0.25, 0.3) is 0 Å². The molecular formula is C13H15BrN2OS. The molecule has 0 amide bonds. The number of hydrogen-bond donors (Lipinski definition) is 1. The molecule has 2 aromatic rings. The predicted octanol–water partition coefficient (Wildman–Crippen LogP) is 3.88. The number of nitrogens with zero attached hydrogens (tertiary/aromatic N) is 1. The van der Waals surface area contributed by atoms with Gasteiger partial charge in [0.15, 0.2) is 0 Å². The summed E-state index contributed by atoms with van der Waals surface area (Å²) in [5.74, 6) is 0.846. The van der Waals surface area contributed by atoms with Gasteiger partial charge in [0.2, 0.25) is 0 Å². The first-order chi connectivity index (χ1) is 8.70. The van der Waals surface area contributed by atoms with Crippen LogP contribution >= 0.6 is 27.3 Å². The third-order valence-corrected chi connectivity index (χ3v) is 4.29. The molecule has 18 heavy (non-hydrogen) atoms. The maximum absolute atomic E-state index is 5.20. The number of ether oxygens (including phenoxy) is 1. The summed E-state index contributed by atoms with van der Waals surface area (Å²) in [5.41, 5.74) is 4.12. The number of halogens is 1. The van der Waals surface area contributed by atoms with E-state index in [9.17, 15) is 0 Å². The highest BCUT2D eigenvalue weighted by molar-refractivity contribution is 9.10. The highest BCUT2D eigenvalue weighted by atomic mass is 79.9. The van der Waals surface area contributed by atoms with Gasteiger partial charge >= 0.3 is 0 Å². The van der Waals surface area contributed by atoms with E-state index in [1.165, 1.54) is 4.88 Å². The number of methoxy groups -OCH3 is 1. The van der Waals surface area contributed by atoms with Gasteiger partial charge in [-0.05, 0) is 41.1 Å². The van der Waals surface area contributed by atoms with E-state index in [2.05, 4.69) is 33.2 Å². The molecule has 1 aromatic carbocycles. The summed E-state index contributed by atoms with van der Waals surface area (Å²) in [6.07, 6.45) is 1.00. The molecule has 0 saturated heterocycles. The first-order valence-electron chi connectivity index (χ1n) is 5.67. The van der Waals surface area contributed by atoms with Crippen molar-refractivity contribution in [1.82, 2.24) is 4.98 Å². The Morgan fingerprint density at radius 1 is 1.44 bits per heavy atom. The van der Waals surface area contributed by atoms with E-state index in [1.807, 2.05) is 23.7 Å². The number of hydrogen-bond acceptors (Lipinski definition) is 4. The van der Waals surface area contributed by atoms with Crippen molar-refractivity contribution >= 4 is 33.0 Å². The van der Waals surface area contributed by atoms with Crippen molar-refractivity contribution in [1.29, 1.82) is 0 Å². The highest BCUT2D eigenvalue weighted by Gasteiger charge is 2.03. The first-order valence-corrected chi connectivity index (χ1v) is 7.34. The summed E-state index contributed by atoms with van der Waals surface area (Å²) in [5, 5.41) is 3.40. The summed E-state index contributed by atoms with van der Waals surface area (Å²) in [4.78, 5) is 5.59. The quantitative estimate of drug-likeness (QED) is 0.905. The lowest BCUT2D eigenvalue weighted by Crippen LogP contribution is -2.04. The zero-order valence-electron chi connectivity index (χ0n) is 10.4. The smallest absolute Gasteiger partial charge is 0.133 e. The molecule has 1 aromatic heterocycles. The third-order valence-electron chi connectivity index (χ3n) is 2.68. The summed E-state index contributed by atoms with van der Waals surface area (Å²) < 4.78 is 6.16. The SMILES string of the molecule is COc1ccc(NCCc2scnc2C)cc1Br. The molecule has 3 nitrogen and oxygen atoms in total. The zero-order chi connectivity index (χ0) is 13.0. The Morgan fingerprint density at radius 2 is 2.28 bits per heavy atom. The number of nitrogens with one attached hydrogen (secondary N) is 1. The molecule has 0 atom stereocenters. The predicted molar refractivity (Wildman–Crippen MR) is 79.7 cm³/mol. The lowest BCUT2D eigenvalue weighted by atomic mass is 10.2. The van der Waals surface area contributed by atoms with Gasteiger partial charge in [-0.1, -0.05) is 0 Å². The topological polar surface area (TPSA) is 34.1 Å². The van der Waals surface area contributed by atoms with E-state index < -0.39 is 0 Å². The summed E-state index contributed by atoms with van der Waals surface area (Å²) in [7, 11) is 1.67. The maximum atomic E-state index is 5.20. The number of aryl methyl sites for hydroxylation is 1. The molecule has 96 valence electrons. The Morgan fingerprint density at radius 3 is 2.89 bits per heavy atom. The van der Waals surface area contributed by atoms with Crippen LogP contribution in [0.2, 0.25) is 0 Å². The third kappa shape index (κ3) is 3.23. The number of aromatic nitrogens is 1. The van der Waals surface area contributed by atoms with Crippen LogP contribution in [0.4, 0.5) is 5.69 Å². The van der Waals surface area contributed by atoms with Crippen LogP contribution in [0.1, 0.15) is 10.6 Å². The molecule has 1 heterocycles.